The summed E-state index contributed by atoms with van der Waals surface area (Å²) in [4.78, 5) is 9.40. The molecular formula is C26H22BrN3O3S. The third-order valence-electron chi connectivity index (χ3n) is 5.99. The Balaban J connectivity index is 1.40. The van der Waals surface area contributed by atoms with Gasteiger partial charge in [0.25, 0.3) is 10.1 Å². The van der Waals surface area contributed by atoms with Gasteiger partial charge in [0.15, 0.2) is 0 Å². The average molecular weight is 536 g/mol. The Labute approximate surface area is 207 Å². The van der Waals surface area contributed by atoms with Crippen molar-refractivity contribution in [3.8, 4) is 11.3 Å². The van der Waals surface area contributed by atoms with Crippen LogP contribution in [-0.2, 0) is 23.0 Å². The van der Waals surface area contributed by atoms with Crippen molar-refractivity contribution >= 4 is 37.7 Å². The molecule has 1 aliphatic rings. The molecule has 6 nitrogen and oxygen atoms in total. The molecule has 0 bridgehead atoms. The van der Waals surface area contributed by atoms with Crippen LogP contribution in [0.2, 0.25) is 0 Å². The fourth-order valence-corrected chi connectivity index (χ4v) is 5.26. The number of aromatic nitrogens is 2. The van der Waals surface area contributed by atoms with Crippen LogP contribution in [0.5, 0.6) is 0 Å². The summed E-state index contributed by atoms with van der Waals surface area (Å²) in [7, 11) is -3.98. The molecule has 5 rings (SSSR count). The van der Waals surface area contributed by atoms with Crippen LogP contribution >= 0.6 is 15.9 Å². The van der Waals surface area contributed by atoms with E-state index in [0.29, 0.717) is 5.95 Å². The van der Waals surface area contributed by atoms with Gasteiger partial charge in [-0.2, -0.15) is 8.42 Å². The summed E-state index contributed by atoms with van der Waals surface area (Å²) in [5, 5.41) is 3.24. The molecule has 0 saturated heterocycles. The SMILES string of the molecule is O=S(=O)(O)CCc1ccc(Nc2ncc3c(n2)-c2ccccc2[C@H](c2cccc(Br)c2)C3)cc1. The smallest absolute Gasteiger partial charge is 0.265 e. The molecule has 34 heavy (non-hydrogen) atoms. The lowest BCUT2D eigenvalue weighted by atomic mass is 9.78. The van der Waals surface area contributed by atoms with Crippen LogP contribution in [0.4, 0.5) is 11.6 Å². The van der Waals surface area contributed by atoms with E-state index in [1.54, 1.807) is 0 Å². The van der Waals surface area contributed by atoms with Gasteiger partial charge in [0, 0.05) is 27.8 Å². The lowest BCUT2D eigenvalue weighted by Crippen LogP contribution is -2.15. The van der Waals surface area contributed by atoms with Crippen molar-refractivity contribution in [2.75, 3.05) is 11.1 Å². The van der Waals surface area contributed by atoms with Crippen LogP contribution in [0.1, 0.15) is 28.2 Å². The van der Waals surface area contributed by atoms with E-state index in [2.05, 4.69) is 62.6 Å². The molecule has 3 aromatic carbocycles. The van der Waals surface area contributed by atoms with Crippen molar-refractivity contribution in [1.29, 1.82) is 0 Å². The van der Waals surface area contributed by atoms with Gasteiger partial charge in [0.2, 0.25) is 5.95 Å². The Morgan fingerprint density at radius 2 is 1.82 bits per heavy atom. The Hall–Kier alpha value is -3.07. The third-order valence-corrected chi connectivity index (χ3v) is 7.20. The Bertz CT molecular complexity index is 1460. The van der Waals surface area contributed by atoms with Gasteiger partial charge in [-0.05, 0) is 59.4 Å². The topological polar surface area (TPSA) is 92.2 Å². The lowest BCUT2D eigenvalue weighted by Gasteiger charge is -2.27. The van der Waals surface area contributed by atoms with E-state index in [9.17, 15) is 8.42 Å². The molecule has 172 valence electrons. The number of nitrogens with zero attached hydrogens (tertiary/aromatic N) is 2. The van der Waals surface area contributed by atoms with Gasteiger partial charge in [-0.15, -0.1) is 0 Å². The zero-order chi connectivity index (χ0) is 23.7. The highest BCUT2D eigenvalue weighted by Crippen LogP contribution is 2.42. The quantitative estimate of drug-likeness (QED) is 0.304. The summed E-state index contributed by atoms with van der Waals surface area (Å²) in [6.07, 6.45) is 2.97. The normalized spacial score (nSPS) is 14.8. The Kier molecular flexibility index (Phi) is 6.20. The number of benzene rings is 3. The van der Waals surface area contributed by atoms with Gasteiger partial charge in [-0.25, -0.2) is 9.97 Å². The number of halogens is 1. The lowest BCUT2D eigenvalue weighted by molar-refractivity contribution is 0.482. The molecule has 4 aromatic rings. The van der Waals surface area contributed by atoms with Crippen molar-refractivity contribution < 1.29 is 13.0 Å². The first-order valence-corrected chi connectivity index (χ1v) is 13.3. The Morgan fingerprint density at radius 1 is 1.03 bits per heavy atom. The summed E-state index contributed by atoms with van der Waals surface area (Å²) in [5.41, 5.74) is 7.28. The highest BCUT2D eigenvalue weighted by Gasteiger charge is 2.27. The summed E-state index contributed by atoms with van der Waals surface area (Å²) < 4.78 is 31.9. The maximum absolute atomic E-state index is 11.0. The molecular weight excluding hydrogens is 514 g/mol. The minimum atomic E-state index is -3.98. The molecule has 0 radical (unpaired) electrons. The van der Waals surface area contributed by atoms with Crippen molar-refractivity contribution in [1.82, 2.24) is 9.97 Å². The molecule has 1 heterocycles. The summed E-state index contributed by atoms with van der Waals surface area (Å²) in [6.45, 7) is 0. The fraction of sp³-hybridized carbons (Fsp3) is 0.154. The van der Waals surface area contributed by atoms with E-state index >= 15 is 0 Å². The van der Waals surface area contributed by atoms with Crippen LogP contribution < -0.4 is 5.32 Å². The molecule has 2 N–H and O–H groups in total. The minimum Gasteiger partial charge on any atom is -0.324 e. The Morgan fingerprint density at radius 3 is 2.59 bits per heavy atom. The second kappa shape index (κ2) is 9.29. The standard InChI is InChI=1S/C26H22BrN3O3S/c27-20-5-3-4-18(14-20)24-15-19-16-28-26(30-25(19)23-7-2-1-6-22(23)24)29-21-10-8-17(9-11-21)12-13-34(31,32)33/h1-11,14,16,24H,12-13,15H2,(H,28,29,30)(H,31,32,33)/t24-/m0/s1. The van der Waals surface area contributed by atoms with E-state index < -0.39 is 10.1 Å². The van der Waals surface area contributed by atoms with Gasteiger partial charge < -0.3 is 5.32 Å². The number of hydrogen-bond acceptors (Lipinski definition) is 5. The molecule has 0 amide bonds. The predicted octanol–water partition coefficient (Wildman–Crippen LogP) is 5.77. The van der Waals surface area contributed by atoms with E-state index in [4.69, 9.17) is 9.54 Å². The molecule has 1 aromatic heterocycles. The van der Waals surface area contributed by atoms with Crippen molar-refractivity contribution in [2.24, 2.45) is 0 Å². The zero-order valence-corrected chi connectivity index (χ0v) is 20.6. The van der Waals surface area contributed by atoms with E-state index in [1.807, 2.05) is 42.6 Å². The first-order chi connectivity index (χ1) is 16.4. The molecule has 0 unspecified atom stereocenters. The molecule has 1 aliphatic carbocycles. The summed E-state index contributed by atoms with van der Waals surface area (Å²) >= 11 is 3.59. The first-order valence-electron chi connectivity index (χ1n) is 10.9. The number of fused-ring (bicyclic) bond motifs is 3. The zero-order valence-electron chi connectivity index (χ0n) is 18.1. The van der Waals surface area contributed by atoms with Crippen molar-refractivity contribution in [3.63, 3.8) is 0 Å². The van der Waals surface area contributed by atoms with Gasteiger partial charge in [-0.1, -0.05) is 64.5 Å². The van der Waals surface area contributed by atoms with Crippen LogP contribution in [0.3, 0.4) is 0 Å². The van der Waals surface area contributed by atoms with Crippen molar-refractivity contribution in [2.45, 2.75) is 18.8 Å². The van der Waals surface area contributed by atoms with E-state index in [1.165, 1.54) is 11.1 Å². The number of hydrogen-bond donors (Lipinski definition) is 2. The summed E-state index contributed by atoms with van der Waals surface area (Å²) in [5.74, 6) is 0.438. The van der Waals surface area contributed by atoms with Crippen LogP contribution in [-0.4, -0.2) is 28.7 Å². The number of rotatable bonds is 6. The monoisotopic (exact) mass is 535 g/mol. The van der Waals surface area contributed by atoms with Gasteiger partial charge in [0.1, 0.15) is 0 Å². The number of aryl methyl sites for hydroxylation is 1. The third kappa shape index (κ3) is 5.04. The molecule has 1 atom stereocenters. The first kappa shape index (κ1) is 22.7. The second-order valence-electron chi connectivity index (χ2n) is 8.32. The van der Waals surface area contributed by atoms with Gasteiger partial charge in [-0.3, -0.25) is 4.55 Å². The van der Waals surface area contributed by atoms with Crippen LogP contribution in [0, 0.1) is 0 Å². The fourth-order valence-electron chi connectivity index (χ4n) is 4.35. The summed E-state index contributed by atoms with van der Waals surface area (Å²) in [6, 6.07) is 24.2. The van der Waals surface area contributed by atoms with E-state index in [-0.39, 0.29) is 18.1 Å². The minimum absolute atomic E-state index is 0.235. The van der Waals surface area contributed by atoms with Gasteiger partial charge in [0.05, 0.1) is 11.4 Å². The predicted molar refractivity (Wildman–Crippen MR) is 137 cm³/mol. The van der Waals surface area contributed by atoms with Crippen LogP contribution in [0.15, 0.2) is 83.5 Å². The molecule has 0 aliphatic heterocycles. The maximum atomic E-state index is 11.0. The van der Waals surface area contributed by atoms with Gasteiger partial charge >= 0.3 is 0 Å². The van der Waals surface area contributed by atoms with E-state index in [0.717, 1.165) is 39.0 Å². The number of anilines is 2. The molecule has 8 heteroatoms. The van der Waals surface area contributed by atoms with Crippen LogP contribution in [0.25, 0.3) is 11.3 Å². The largest absolute Gasteiger partial charge is 0.324 e. The van der Waals surface area contributed by atoms with Crippen molar-refractivity contribution in [3.05, 3.63) is 106 Å². The molecule has 0 spiro atoms. The number of nitrogens with one attached hydrogen (secondary N) is 1. The molecule has 0 fully saturated rings. The maximum Gasteiger partial charge on any atom is 0.265 e. The highest BCUT2D eigenvalue weighted by molar-refractivity contribution is 9.10. The second-order valence-corrected chi connectivity index (χ2v) is 10.8. The average Bonchev–Trinajstić information content (AvgIpc) is 2.83. The highest BCUT2D eigenvalue weighted by atomic mass is 79.9. The molecule has 0 saturated carbocycles.